The first-order chi connectivity index (χ1) is 10.5. The number of rotatable bonds is 4. The maximum absolute atomic E-state index is 12.1. The molecule has 124 valence electrons. The fourth-order valence-electron chi connectivity index (χ4n) is 3.94. The Labute approximate surface area is 133 Å². The van der Waals surface area contributed by atoms with Crippen molar-refractivity contribution in [3.63, 3.8) is 0 Å². The van der Waals surface area contributed by atoms with Crippen LogP contribution in [0, 0.1) is 23.2 Å². The minimum absolute atomic E-state index is 0.246. The molecular weight excluding hydrogens is 276 g/mol. The topological polar surface area (TPSA) is 96.2 Å². The number of nitrogens with one attached hydrogen (secondary N) is 1. The number of nitrogens with zero attached hydrogens (tertiary/aromatic N) is 1. The van der Waals surface area contributed by atoms with Crippen molar-refractivity contribution in [3.8, 4) is 0 Å². The largest absolute Gasteiger partial charge is 0.370 e. The summed E-state index contributed by atoms with van der Waals surface area (Å²) in [6.45, 7) is 0. The molecule has 0 aliphatic heterocycles. The Morgan fingerprint density at radius 1 is 1.36 bits per heavy atom. The van der Waals surface area contributed by atoms with Gasteiger partial charge in [-0.2, -0.15) is 0 Å². The number of likely N-dealkylation sites (N-methyl/N-ethyl adjacent to an activating group) is 1. The molecule has 3 atom stereocenters. The molecule has 1 amide bonds. The summed E-state index contributed by atoms with van der Waals surface area (Å²) in [5, 5.41) is 7.33. The lowest BCUT2D eigenvalue weighted by Crippen LogP contribution is -2.47. The van der Waals surface area contributed by atoms with E-state index in [4.69, 9.17) is 16.9 Å². The minimum Gasteiger partial charge on any atom is -0.370 e. The molecule has 2 aliphatic carbocycles. The molecular formula is C17H30N4O. The van der Waals surface area contributed by atoms with Crippen LogP contribution < -0.4 is 11.5 Å². The van der Waals surface area contributed by atoms with Gasteiger partial charge in [-0.05, 0) is 49.9 Å². The molecule has 0 radical (unpaired) electrons. The molecule has 1 saturated carbocycles. The van der Waals surface area contributed by atoms with Crippen molar-refractivity contribution in [1.29, 1.82) is 5.41 Å². The van der Waals surface area contributed by atoms with Gasteiger partial charge >= 0.3 is 0 Å². The molecule has 0 bridgehead atoms. The number of amides is 1. The highest BCUT2D eigenvalue weighted by Gasteiger charge is 2.29. The Kier molecular flexibility index (Phi) is 6.00. The maximum atomic E-state index is 12.1. The van der Waals surface area contributed by atoms with Crippen LogP contribution in [0.25, 0.3) is 0 Å². The van der Waals surface area contributed by atoms with Gasteiger partial charge in [0.05, 0.1) is 6.04 Å². The second kappa shape index (κ2) is 7.77. The molecule has 0 aromatic heterocycles. The first-order valence-corrected chi connectivity index (χ1v) is 8.53. The third-order valence-electron chi connectivity index (χ3n) is 5.31. The van der Waals surface area contributed by atoms with Gasteiger partial charge in [0.25, 0.3) is 0 Å². The lowest BCUT2D eigenvalue weighted by molar-refractivity contribution is -0.128. The van der Waals surface area contributed by atoms with Crippen molar-refractivity contribution in [1.82, 2.24) is 4.90 Å². The van der Waals surface area contributed by atoms with E-state index in [2.05, 4.69) is 12.2 Å². The third-order valence-corrected chi connectivity index (χ3v) is 5.31. The van der Waals surface area contributed by atoms with Gasteiger partial charge in [-0.1, -0.05) is 31.4 Å². The molecule has 0 aromatic carbocycles. The van der Waals surface area contributed by atoms with Crippen LogP contribution >= 0.6 is 0 Å². The van der Waals surface area contributed by atoms with Crippen LogP contribution in [0.4, 0.5) is 0 Å². The summed E-state index contributed by atoms with van der Waals surface area (Å²) in [7, 11) is 1.51. The van der Waals surface area contributed by atoms with Crippen molar-refractivity contribution < 1.29 is 4.79 Å². The average Bonchev–Trinajstić information content (AvgIpc) is 2.54. The standard InChI is InChI=1S/C17H30N4O/c1-21(17(19)20)16(22)15(18)11-12-6-5-9-14(10-12)13-7-3-2-4-8-13/h5,9,12-15H,2-4,6-8,10-11,18H2,1H3,(H3,19,20). The van der Waals surface area contributed by atoms with Gasteiger partial charge < -0.3 is 11.5 Å². The number of hydrogen-bond donors (Lipinski definition) is 3. The second-order valence-corrected chi connectivity index (χ2v) is 6.95. The molecule has 0 aromatic rings. The van der Waals surface area contributed by atoms with E-state index >= 15 is 0 Å². The Bertz CT molecular complexity index is 428. The highest BCUT2D eigenvalue weighted by Crippen LogP contribution is 2.38. The molecule has 1 fully saturated rings. The van der Waals surface area contributed by atoms with E-state index < -0.39 is 6.04 Å². The summed E-state index contributed by atoms with van der Waals surface area (Å²) < 4.78 is 0. The fourth-order valence-corrected chi connectivity index (χ4v) is 3.94. The SMILES string of the molecule is CN(C(=N)N)C(=O)C(N)CC1CC=CC(C2CCCCC2)C1. The Hall–Kier alpha value is -1.36. The van der Waals surface area contributed by atoms with Crippen molar-refractivity contribution >= 4 is 11.9 Å². The zero-order valence-corrected chi connectivity index (χ0v) is 13.6. The number of carbonyl (C=O) groups excluding carboxylic acids is 1. The number of carbonyl (C=O) groups is 1. The number of guanidine groups is 1. The highest BCUT2D eigenvalue weighted by molar-refractivity contribution is 5.96. The molecule has 0 saturated heterocycles. The van der Waals surface area contributed by atoms with E-state index in [1.54, 1.807) is 0 Å². The van der Waals surface area contributed by atoms with E-state index in [9.17, 15) is 4.79 Å². The minimum atomic E-state index is -0.558. The van der Waals surface area contributed by atoms with Crippen molar-refractivity contribution in [2.45, 2.75) is 57.4 Å². The molecule has 2 rings (SSSR count). The zero-order chi connectivity index (χ0) is 16.1. The average molecular weight is 306 g/mol. The van der Waals surface area contributed by atoms with Crippen molar-refractivity contribution in [2.24, 2.45) is 29.2 Å². The molecule has 5 N–H and O–H groups in total. The predicted octanol–water partition coefficient (Wildman–Crippen LogP) is 2.22. The molecule has 5 nitrogen and oxygen atoms in total. The lowest BCUT2D eigenvalue weighted by atomic mass is 9.72. The van der Waals surface area contributed by atoms with Gasteiger partial charge in [-0.25, -0.2) is 0 Å². The van der Waals surface area contributed by atoms with Crippen molar-refractivity contribution in [2.75, 3.05) is 7.05 Å². The number of allylic oxidation sites excluding steroid dienone is 2. The molecule has 0 spiro atoms. The van der Waals surface area contributed by atoms with E-state index in [-0.39, 0.29) is 11.9 Å². The van der Waals surface area contributed by atoms with Crippen LogP contribution in [0.2, 0.25) is 0 Å². The van der Waals surface area contributed by atoms with E-state index in [1.165, 1.54) is 39.2 Å². The second-order valence-electron chi connectivity index (χ2n) is 6.95. The molecule has 22 heavy (non-hydrogen) atoms. The third kappa shape index (κ3) is 4.32. The highest BCUT2D eigenvalue weighted by atomic mass is 16.2. The van der Waals surface area contributed by atoms with Crippen LogP contribution in [0.1, 0.15) is 51.4 Å². The summed E-state index contributed by atoms with van der Waals surface area (Å²) >= 11 is 0. The van der Waals surface area contributed by atoms with Crippen LogP contribution in [0.3, 0.4) is 0 Å². The quantitative estimate of drug-likeness (QED) is 0.422. The summed E-state index contributed by atoms with van der Waals surface area (Å²) in [5.74, 6) is 1.45. The van der Waals surface area contributed by atoms with Crippen LogP contribution in [0.5, 0.6) is 0 Å². The molecule has 2 aliphatic rings. The first kappa shape index (κ1) is 17.0. The smallest absolute Gasteiger partial charge is 0.245 e. The number of hydrogen-bond acceptors (Lipinski definition) is 3. The molecule has 0 heterocycles. The fraction of sp³-hybridized carbons (Fsp3) is 0.765. The van der Waals surface area contributed by atoms with Gasteiger partial charge in [-0.15, -0.1) is 0 Å². The summed E-state index contributed by atoms with van der Waals surface area (Å²) in [6, 6.07) is -0.558. The van der Waals surface area contributed by atoms with E-state index in [1.807, 2.05) is 0 Å². The van der Waals surface area contributed by atoms with Crippen LogP contribution in [-0.4, -0.2) is 29.9 Å². The molecule has 5 heteroatoms. The first-order valence-electron chi connectivity index (χ1n) is 8.53. The predicted molar refractivity (Wildman–Crippen MR) is 89.2 cm³/mol. The zero-order valence-electron chi connectivity index (χ0n) is 13.6. The van der Waals surface area contributed by atoms with E-state index in [0.717, 1.165) is 23.7 Å². The van der Waals surface area contributed by atoms with Crippen molar-refractivity contribution in [3.05, 3.63) is 12.2 Å². The lowest BCUT2D eigenvalue weighted by Gasteiger charge is -2.34. The normalized spacial score (nSPS) is 27.4. The van der Waals surface area contributed by atoms with Crippen LogP contribution in [0.15, 0.2) is 12.2 Å². The van der Waals surface area contributed by atoms with Gasteiger partial charge in [0.15, 0.2) is 5.96 Å². The Morgan fingerprint density at radius 2 is 2.05 bits per heavy atom. The Morgan fingerprint density at radius 3 is 2.68 bits per heavy atom. The Balaban J connectivity index is 1.86. The summed E-state index contributed by atoms with van der Waals surface area (Å²) in [5.41, 5.74) is 11.4. The monoisotopic (exact) mass is 306 g/mol. The van der Waals surface area contributed by atoms with E-state index in [0.29, 0.717) is 18.3 Å². The number of nitrogens with two attached hydrogens (primary N) is 2. The van der Waals surface area contributed by atoms with Gasteiger partial charge in [0, 0.05) is 7.05 Å². The summed E-state index contributed by atoms with van der Waals surface area (Å²) in [4.78, 5) is 13.2. The maximum Gasteiger partial charge on any atom is 0.245 e. The van der Waals surface area contributed by atoms with Crippen LogP contribution in [-0.2, 0) is 4.79 Å². The van der Waals surface area contributed by atoms with Gasteiger partial charge in [0.1, 0.15) is 0 Å². The molecule has 3 unspecified atom stereocenters. The summed E-state index contributed by atoms with van der Waals surface area (Å²) in [6.07, 6.45) is 14.3. The van der Waals surface area contributed by atoms with Gasteiger partial charge in [0.2, 0.25) is 5.91 Å². The van der Waals surface area contributed by atoms with Gasteiger partial charge in [-0.3, -0.25) is 15.1 Å².